The minimum Gasteiger partial charge on any atom is -0.370 e. The van der Waals surface area contributed by atoms with Gasteiger partial charge < -0.3 is 10.6 Å². The number of sulfonamides is 1. The van der Waals surface area contributed by atoms with Crippen LogP contribution in [0.5, 0.6) is 0 Å². The summed E-state index contributed by atoms with van der Waals surface area (Å²) < 4.78 is 26.1. The van der Waals surface area contributed by atoms with Crippen LogP contribution in [-0.4, -0.2) is 35.1 Å². The molecule has 0 unspecified atom stereocenters. The van der Waals surface area contributed by atoms with Crippen LogP contribution in [0.1, 0.15) is 0 Å². The Morgan fingerprint density at radius 1 is 1.41 bits per heavy atom. The average Bonchev–Trinajstić information content (AvgIpc) is 2.28. The highest BCUT2D eigenvalue weighted by Crippen LogP contribution is 2.30. The smallest absolute Gasteiger partial charge is 0.242 e. The number of anilines is 1. The monoisotopic (exact) mass is 255 g/mol. The molecule has 0 amide bonds. The van der Waals surface area contributed by atoms with Crippen molar-refractivity contribution in [2.24, 2.45) is 11.7 Å². The molecule has 2 rings (SSSR count). The van der Waals surface area contributed by atoms with Crippen LogP contribution in [0.15, 0.2) is 29.2 Å². The summed E-state index contributed by atoms with van der Waals surface area (Å²) in [6, 6.07) is 7.03. The second-order valence-corrected chi connectivity index (χ2v) is 6.04. The average molecular weight is 255 g/mol. The van der Waals surface area contributed by atoms with Crippen LogP contribution in [0.25, 0.3) is 0 Å². The van der Waals surface area contributed by atoms with Gasteiger partial charge in [-0.05, 0) is 25.7 Å². The Morgan fingerprint density at radius 3 is 2.65 bits per heavy atom. The Hall–Kier alpha value is -1.11. The fourth-order valence-corrected chi connectivity index (χ4v) is 2.92. The van der Waals surface area contributed by atoms with Gasteiger partial charge in [-0.15, -0.1) is 0 Å². The molecule has 1 aromatic rings. The van der Waals surface area contributed by atoms with E-state index in [0.29, 0.717) is 17.4 Å². The molecule has 17 heavy (non-hydrogen) atoms. The lowest BCUT2D eigenvalue weighted by Gasteiger charge is -2.41. The van der Waals surface area contributed by atoms with Crippen LogP contribution >= 0.6 is 0 Å². The molecule has 0 bridgehead atoms. The molecule has 3 N–H and O–H groups in total. The molecule has 0 aromatic heterocycles. The van der Waals surface area contributed by atoms with E-state index in [4.69, 9.17) is 5.73 Å². The van der Waals surface area contributed by atoms with Crippen molar-refractivity contribution < 1.29 is 8.42 Å². The number of para-hydroxylation sites is 1. The SMILES string of the molecule is CNS(=O)(=O)c1ccccc1N1CC(CN)C1. The summed E-state index contributed by atoms with van der Waals surface area (Å²) in [4.78, 5) is 2.37. The summed E-state index contributed by atoms with van der Waals surface area (Å²) in [7, 11) is -1.98. The maximum atomic E-state index is 11.9. The lowest BCUT2D eigenvalue weighted by molar-refractivity contribution is 0.418. The van der Waals surface area contributed by atoms with Gasteiger partial charge in [-0.1, -0.05) is 12.1 Å². The van der Waals surface area contributed by atoms with E-state index in [-0.39, 0.29) is 0 Å². The van der Waals surface area contributed by atoms with Crippen LogP contribution < -0.4 is 15.4 Å². The summed E-state index contributed by atoms with van der Waals surface area (Å²) in [5, 5.41) is 0. The fraction of sp³-hybridized carbons (Fsp3) is 0.455. The first-order chi connectivity index (χ1) is 8.08. The highest BCUT2D eigenvalue weighted by molar-refractivity contribution is 7.89. The van der Waals surface area contributed by atoms with Gasteiger partial charge in [0.05, 0.1) is 5.69 Å². The zero-order valence-corrected chi connectivity index (χ0v) is 10.6. The minimum atomic E-state index is -3.40. The van der Waals surface area contributed by atoms with E-state index in [2.05, 4.69) is 4.72 Å². The summed E-state index contributed by atoms with van der Waals surface area (Å²) in [6.07, 6.45) is 0. The Balaban J connectivity index is 2.30. The van der Waals surface area contributed by atoms with E-state index in [1.165, 1.54) is 7.05 Å². The first-order valence-corrected chi connectivity index (χ1v) is 7.04. The minimum absolute atomic E-state index is 0.331. The Bertz CT molecular complexity index is 495. The first-order valence-electron chi connectivity index (χ1n) is 5.56. The highest BCUT2D eigenvalue weighted by Gasteiger charge is 2.29. The van der Waals surface area contributed by atoms with Crippen LogP contribution in [0.3, 0.4) is 0 Å². The Morgan fingerprint density at radius 2 is 2.06 bits per heavy atom. The maximum absolute atomic E-state index is 11.9. The third-order valence-corrected chi connectivity index (χ3v) is 4.52. The molecule has 1 aliphatic rings. The Labute approximate surface area is 102 Å². The van der Waals surface area contributed by atoms with Crippen LogP contribution in [0.4, 0.5) is 5.69 Å². The fourth-order valence-electron chi connectivity index (χ4n) is 1.97. The summed E-state index contributed by atoms with van der Waals surface area (Å²) >= 11 is 0. The number of nitrogens with two attached hydrogens (primary N) is 1. The maximum Gasteiger partial charge on any atom is 0.242 e. The van der Waals surface area contributed by atoms with Gasteiger partial charge in [0.2, 0.25) is 10.0 Å². The van der Waals surface area contributed by atoms with Crippen molar-refractivity contribution in [1.29, 1.82) is 0 Å². The van der Waals surface area contributed by atoms with Gasteiger partial charge in [-0.3, -0.25) is 0 Å². The summed E-state index contributed by atoms with van der Waals surface area (Å²) in [6.45, 7) is 2.30. The molecular formula is C11H17N3O2S. The van der Waals surface area contributed by atoms with E-state index in [1.807, 2.05) is 17.0 Å². The molecule has 0 saturated carbocycles. The van der Waals surface area contributed by atoms with Crippen molar-refractivity contribution in [2.45, 2.75) is 4.90 Å². The van der Waals surface area contributed by atoms with Crippen molar-refractivity contribution in [3.05, 3.63) is 24.3 Å². The van der Waals surface area contributed by atoms with Gasteiger partial charge in [-0.25, -0.2) is 13.1 Å². The van der Waals surface area contributed by atoms with Gasteiger partial charge in [0.1, 0.15) is 4.90 Å². The number of hydrogen-bond donors (Lipinski definition) is 2. The molecular weight excluding hydrogens is 238 g/mol. The van der Waals surface area contributed by atoms with Gasteiger partial charge in [0.25, 0.3) is 0 Å². The third-order valence-electron chi connectivity index (χ3n) is 3.05. The van der Waals surface area contributed by atoms with Crippen molar-refractivity contribution in [2.75, 3.05) is 31.6 Å². The molecule has 1 heterocycles. The van der Waals surface area contributed by atoms with Gasteiger partial charge in [0, 0.05) is 19.0 Å². The lowest BCUT2D eigenvalue weighted by atomic mass is 10.00. The van der Waals surface area contributed by atoms with E-state index in [0.717, 1.165) is 18.8 Å². The van der Waals surface area contributed by atoms with Crippen molar-refractivity contribution in [3.8, 4) is 0 Å². The predicted molar refractivity (Wildman–Crippen MR) is 67.4 cm³/mol. The molecule has 1 fully saturated rings. The van der Waals surface area contributed by atoms with Crippen LogP contribution in [-0.2, 0) is 10.0 Å². The zero-order chi connectivity index (χ0) is 12.5. The van der Waals surface area contributed by atoms with Gasteiger partial charge >= 0.3 is 0 Å². The standard InChI is InChI=1S/C11H17N3O2S/c1-13-17(15,16)11-5-3-2-4-10(11)14-7-9(6-12)8-14/h2-5,9,13H,6-8,12H2,1H3. The number of benzene rings is 1. The molecule has 94 valence electrons. The third kappa shape index (κ3) is 2.29. The second-order valence-electron chi connectivity index (χ2n) is 4.18. The number of hydrogen-bond acceptors (Lipinski definition) is 4. The molecule has 1 aromatic carbocycles. The van der Waals surface area contributed by atoms with E-state index >= 15 is 0 Å². The van der Waals surface area contributed by atoms with Crippen molar-refractivity contribution in [3.63, 3.8) is 0 Å². The summed E-state index contributed by atoms with van der Waals surface area (Å²) in [5.41, 5.74) is 6.32. The molecule has 0 aliphatic carbocycles. The topological polar surface area (TPSA) is 75.4 Å². The normalized spacial score (nSPS) is 16.9. The zero-order valence-electron chi connectivity index (χ0n) is 9.76. The molecule has 1 aliphatic heterocycles. The molecule has 0 radical (unpaired) electrons. The predicted octanol–water partition coefficient (Wildman–Crippen LogP) is -0.0104. The first kappa shape index (κ1) is 12.3. The number of nitrogens with one attached hydrogen (secondary N) is 1. The van der Waals surface area contributed by atoms with Crippen LogP contribution in [0.2, 0.25) is 0 Å². The molecule has 0 atom stereocenters. The molecule has 1 saturated heterocycles. The molecule has 0 spiro atoms. The number of rotatable bonds is 4. The van der Waals surface area contributed by atoms with Crippen molar-refractivity contribution >= 4 is 15.7 Å². The van der Waals surface area contributed by atoms with E-state index in [9.17, 15) is 8.42 Å². The lowest BCUT2D eigenvalue weighted by Crippen LogP contribution is -2.50. The quantitative estimate of drug-likeness (QED) is 0.793. The van der Waals surface area contributed by atoms with E-state index in [1.54, 1.807) is 12.1 Å². The molecule has 6 heteroatoms. The van der Waals surface area contributed by atoms with E-state index < -0.39 is 10.0 Å². The number of nitrogens with zero attached hydrogens (tertiary/aromatic N) is 1. The second kappa shape index (κ2) is 4.64. The largest absolute Gasteiger partial charge is 0.370 e. The Kier molecular flexibility index (Phi) is 3.37. The van der Waals surface area contributed by atoms with Crippen molar-refractivity contribution in [1.82, 2.24) is 4.72 Å². The highest BCUT2D eigenvalue weighted by atomic mass is 32.2. The molecule has 5 nitrogen and oxygen atoms in total. The van der Waals surface area contributed by atoms with Gasteiger partial charge in [0.15, 0.2) is 0 Å². The summed E-state index contributed by atoms with van der Waals surface area (Å²) in [5.74, 6) is 0.473. The van der Waals surface area contributed by atoms with Gasteiger partial charge in [-0.2, -0.15) is 0 Å². The van der Waals surface area contributed by atoms with Crippen LogP contribution in [0, 0.1) is 5.92 Å².